The third kappa shape index (κ3) is 4.15. The van der Waals surface area contributed by atoms with Crippen molar-refractivity contribution in [1.82, 2.24) is 15.1 Å². The summed E-state index contributed by atoms with van der Waals surface area (Å²) < 4.78 is 29.9. The normalized spacial score (nSPS) is 17.8. The monoisotopic (exact) mass is 369 g/mol. The number of ether oxygens (including phenoxy) is 2. The van der Waals surface area contributed by atoms with Crippen LogP contribution in [0.15, 0.2) is 52.9 Å². The molecule has 7 heteroatoms. The van der Waals surface area contributed by atoms with E-state index in [0.717, 1.165) is 23.4 Å². The molecular weight excluding hydrogens is 349 g/mol. The van der Waals surface area contributed by atoms with Crippen LogP contribution < -0.4 is 4.74 Å². The number of nitrogens with zero attached hydrogens (tertiary/aromatic N) is 3. The molecule has 1 atom stereocenters. The molecule has 0 bridgehead atoms. The van der Waals surface area contributed by atoms with E-state index in [0.29, 0.717) is 31.5 Å². The van der Waals surface area contributed by atoms with Crippen LogP contribution in [0.2, 0.25) is 0 Å². The summed E-state index contributed by atoms with van der Waals surface area (Å²) in [6.07, 6.45) is -0.0941. The van der Waals surface area contributed by atoms with E-state index in [1.807, 2.05) is 24.3 Å². The Hall–Kier alpha value is -2.77. The van der Waals surface area contributed by atoms with Crippen molar-refractivity contribution in [3.05, 3.63) is 65.8 Å². The van der Waals surface area contributed by atoms with Crippen LogP contribution in [0, 0.1) is 5.82 Å². The Labute approximate surface area is 156 Å². The molecule has 0 saturated carbocycles. The van der Waals surface area contributed by atoms with E-state index in [4.69, 9.17) is 13.9 Å². The maximum Gasteiger partial charge on any atom is 0.247 e. The number of hydrogen-bond donors (Lipinski definition) is 0. The number of benzene rings is 2. The minimum atomic E-state index is -0.247. The first kappa shape index (κ1) is 17.6. The smallest absolute Gasteiger partial charge is 0.247 e. The lowest BCUT2D eigenvalue weighted by Gasteiger charge is -2.32. The van der Waals surface area contributed by atoms with Crippen LogP contribution in [0.25, 0.3) is 11.5 Å². The molecule has 0 radical (unpaired) electrons. The number of hydrogen-bond acceptors (Lipinski definition) is 6. The van der Waals surface area contributed by atoms with E-state index in [9.17, 15) is 4.39 Å². The molecule has 4 rings (SSSR count). The van der Waals surface area contributed by atoms with Gasteiger partial charge in [0, 0.05) is 18.7 Å². The zero-order valence-electron chi connectivity index (χ0n) is 15.0. The summed E-state index contributed by atoms with van der Waals surface area (Å²) >= 11 is 0. The van der Waals surface area contributed by atoms with E-state index >= 15 is 0 Å². The fourth-order valence-electron chi connectivity index (χ4n) is 3.08. The molecular formula is C20H20FN3O3. The van der Waals surface area contributed by atoms with Crippen LogP contribution in [-0.2, 0) is 11.3 Å². The largest absolute Gasteiger partial charge is 0.497 e. The first-order valence-corrected chi connectivity index (χ1v) is 8.77. The maximum absolute atomic E-state index is 13.1. The summed E-state index contributed by atoms with van der Waals surface area (Å²) in [6, 6.07) is 13.9. The van der Waals surface area contributed by atoms with E-state index in [2.05, 4.69) is 15.1 Å². The van der Waals surface area contributed by atoms with Crippen molar-refractivity contribution in [2.75, 3.05) is 26.8 Å². The lowest BCUT2D eigenvalue weighted by molar-refractivity contribution is -0.0351. The number of halogens is 1. The van der Waals surface area contributed by atoms with Crippen LogP contribution in [-0.4, -0.2) is 41.9 Å². The van der Waals surface area contributed by atoms with E-state index in [1.54, 1.807) is 19.2 Å². The van der Waals surface area contributed by atoms with Crippen molar-refractivity contribution in [2.45, 2.75) is 12.6 Å². The van der Waals surface area contributed by atoms with Gasteiger partial charge in [-0.3, -0.25) is 4.90 Å². The number of aromatic nitrogens is 2. The Kier molecular flexibility index (Phi) is 5.13. The molecule has 1 fully saturated rings. The highest BCUT2D eigenvalue weighted by Gasteiger charge is 2.23. The van der Waals surface area contributed by atoms with Gasteiger partial charge in [0.25, 0.3) is 0 Å². The fraction of sp³-hybridized carbons (Fsp3) is 0.300. The minimum Gasteiger partial charge on any atom is -0.497 e. The quantitative estimate of drug-likeness (QED) is 0.686. The summed E-state index contributed by atoms with van der Waals surface area (Å²) in [7, 11) is 1.63. The fourth-order valence-corrected chi connectivity index (χ4v) is 3.08. The first-order chi connectivity index (χ1) is 13.2. The van der Waals surface area contributed by atoms with Crippen molar-refractivity contribution >= 4 is 0 Å². The van der Waals surface area contributed by atoms with Crippen molar-refractivity contribution in [3.8, 4) is 17.2 Å². The molecule has 2 aromatic carbocycles. The average Bonchev–Trinajstić information content (AvgIpc) is 3.17. The summed E-state index contributed by atoms with van der Waals surface area (Å²) in [5.41, 5.74) is 1.81. The van der Waals surface area contributed by atoms with Gasteiger partial charge in [0.2, 0.25) is 11.8 Å². The first-order valence-electron chi connectivity index (χ1n) is 8.77. The molecule has 6 nitrogen and oxygen atoms in total. The van der Waals surface area contributed by atoms with Crippen LogP contribution in [0.1, 0.15) is 17.6 Å². The molecule has 3 aromatic rings. The van der Waals surface area contributed by atoms with E-state index < -0.39 is 0 Å². The van der Waals surface area contributed by atoms with Gasteiger partial charge in [0.1, 0.15) is 11.6 Å². The molecule has 0 spiro atoms. The molecule has 140 valence electrons. The summed E-state index contributed by atoms with van der Waals surface area (Å²) in [5.74, 6) is 1.57. The van der Waals surface area contributed by atoms with Gasteiger partial charge in [-0.05, 0) is 42.0 Å². The third-order valence-corrected chi connectivity index (χ3v) is 4.56. The van der Waals surface area contributed by atoms with E-state index in [-0.39, 0.29) is 11.9 Å². The Morgan fingerprint density at radius 2 is 1.89 bits per heavy atom. The molecule has 1 aromatic heterocycles. The molecule has 0 amide bonds. The molecule has 1 aliphatic heterocycles. The highest BCUT2D eigenvalue weighted by molar-refractivity contribution is 5.53. The average molecular weight is 369 g/mol. The van der Waals surface area contributed by atoms with Crippen LogP contribution in [0.4, 0.5) is 4.39 Å². The van der Waals surface area contributed by atoms with Crippen LogP contribution >= 0.6 is 0 Å². The molecule has 1 aliphatic rings. The zero-order chi connectivity index (χ0) is 18.6. The van der Waals surface area contributed by atoms with Crippen molar-refractivity contribution in [2.24, 2.45) is 0 Å². The maximum atomic E-state index is 13.1. The van der Waals surface area contributed by atoms with Gasteiger partial charge in [-0.1, -0.05) is 12.1 Å². The van der Waals surface area contributed by atoms with Crippen LogP contribution in [0.3, 0.4) is 0 Å². The standard InChI is InChI=1S/C20H20FN3O3/c1-25-17-8-4-15(5-9-17)20-23-22-19(27-20)13-24-10-11-26-18(12-24)14-2-6-16(21)7-3-14/h2-9,18H,10-13H2,1H3. The van der Waals surface area contributed by atoms with E-state index in [1.165, 1.54) is 12.1 Å². The second-order valence-electron chi connectivity index (χ2n) is 6.38. The molecule has 1 saturated heterocycles. The van der Waals surface area contributed by atoms with Gasteiger partial charge < -0.3 is 13.9 Å². The lowest BCUT2D eigenvalue weighted by atomic mass is 10.1. The Morgan fingerprint density at radius 3 is 2.63 bits per heavy atom. The SMILES string of the molecule is COc1ccc(-c2nnc(CN3CCOC(c4ccc(F)cc4)C3)o2)cc1. The second-order valence-corrected chi connectivity index (χ2v) is 6.38. The van der Waals surface area contributed by atoms with Crippen LogP contribution in [0.5, 0.6) is 5.75 Å². The summed E-state index contributed by atoms with van der Waals surface area (Å²) in [4.78, 5) is 2.20. The predicted molar refractivity (Wildman–Crippen MR) is 96.7 cm³/mol. The van der Waals surface area contributed by atoms with Crippen molar-refractivity contribution in [1.29, 1.82) is 0 Å². The Bertz CT molecular complexity index is 880. The molecule has 2 heterocycles. The number of morpholine rings is 1. The van der Waals surface area contributed by atoms with Gasteiger partial charge >= 0.3 is 0 Å². The van der Waals surface area contributed by atoms with Gasteiger partial charge in [-0.15, -0.1) is 10.2 Å². The van der Waals surface area contributed by atoms with Crippen molar-refractivity contribution in [3.63, 3.8) is 0 Å². The summed E-state index contributed by atoms with van der Waals surface area (Å²) in [5, 5.41) is 8.30. The Balaban J connectivity index is 1.41. The van der Waals surface area contributed by atoms with Gasteiger partial charge in [0.05, 0.1) is 26.4 Å². The van der Waals surface area contributed by atoms with Gasteiger partial charge in [0.15, 0.2) is 0 Å². The molecule has 0 aliphatic carbocycles. The number of methoxy groups -OCH3 is 1. The molecule has 1 unspecified atom stereocenters. The molecule has 27 heavy (non-hydrogen) atoms. The van der Waals surface area contributed by atoms with Gasteiger partial charge in [-0.2, -0.15) is 0 Å². The zero-order valence-corrected chi connectivity index (χ0v) is 15.0. The summed E-state index contributed by atoms with van der Waals surface area (Å²) in [6.45, 7) is 2.61. The molecule has 0 N–H and O–H groups in total. The lowest BCUT2D eigenvalue weighted by Crippen LogP contribution is -2.37. The Morgan fingerprint density at radius 1 is 1.11 bits per heavy atom. The predicted octanol–water partition coefficient (Wildman–Crippen LogP) is 3.46. The van der Waals surface area contributed by atoms with Gasteiger partial charge in [-0.25, -0.2) is 4.39 Å². The highest BCUT2D eigenvalue weighted by Crippen LogP contribution is 2.25. The number of rotatable bonds is 5. The minimum absolute atomic E-state index is 0.0941. The third-order valence-electron chi connectivity index (χ3n) is 4.56. The van der Waals surface area contributed by atoms with Crippen molar-refractivity contribution < 1.29 is 18.3 Å². The topological polar surface area (TPSA) is 60.6 Å². The highest BCUT2D eigenvalue weighted by atomic mass is 19.1. The second kappa shape index (κ2) is 7.85.